The van der Waals surface area contributed by atoms with E-state index in [0.29, 0.717) is 0 Å². The molecule has 0 fully saturated rings. The number of carbonyl (C=O) groups excluding carboxylic acids is 1. The van der Waals surface area contributed by atoms with Gasteiger partial charge in [0, 0.05) is 0 Å². The molecule has 0 unspecified atom stereocenters. The average molecular weight is 132 g/mol. The maximum absolute atomic E-state index is 9.71. The Morgan fingerprint density at radius 3 is 2.88 bits per heavy atom. The molecular formula is C6H12OS. The molecule has 0 spiro atoms. The molecule has 0 aromatic carbocycles. The lowest BCUT2D eigenvalue weighted by atomic mass is 10.4. The molecule has 0 atom stereocenters. The van der Waals surface area contributed by atoms with Crippen LogP contribution in [0.4, 0.5) is 0 Å². The van der Waals surface area contributed by atoms with Crippen LogP contribution in [-0.4, -0.2) is 17.4 Å². The van der Waals surface area contributed by atoms with E-state index in [4.69, 9.17) is 0 Å². The Hall–Kier alpha value is -0.110. The van der Waals surface area contributed by atoms with Gasteiger partial charge in [0.1, 0.15) is 6.29 Å². The predicted octanol–water partition coefficient (Wildman–Crippen LogP) is 1.25. The molecule has 0 aliphatic carbocycles. The van der Waals surface area contributed by atoms with Crippen LogP contribution in [0.25, 0.3) is 0 Å². The summed E-state index contributed by atoms with van der Waals surface area (Å²) in [5, 5.41) is 1.65. The summed E-state index contributed by atoms with van der Waals surface area (Å²) >= 11 is 1.17. The molecule has 0 bridgehead atoms. The van der Waals surface area contributed by atoms with Crippen LogP contribution in [0.2, 0.25) is 0 Å². The second-order valence-electron chi connectivity index (χ2n) is 1.54. The van der Waals surface area contributed by atoms with Crippen molar-refractivity contribution in [1.29, 1.82) is 0 Å². The van der Waals surface area contributed by atoms with Crippen LogP contribution >= 0.6 is 11.4 Å². The van der Waals surface area contributed by atoms with Crippen molar-refractivity contribution in [2.75, 3.05) is 5.75 Å². The lowest BCUT2D eigenvalue weighted by Crippen LogP contribution is -1.74. The summed E-state index contributed by atoms with van der Waals surface area (Å²) < 4.78 is 0. The molecule has 0 aliphatic heterocycles. The van der Waals surface area contributed by atoms with Gasteiger partial charge in [-0.15, -0.1) is 0 Å². The van der Waals surface area contributed by atoms with Crippen molar-refractivity contribution in [2.24, 2.45) is 0 Å². The Morgan fingerprint density at radius 1 is 1.62 bits per heavy atom. The second-order valence-corrected chi connectivity index (χ2v) is 2.66. The molecule has 0 amide bonds. The molecule has 0 aromatic heterocycles. The predicted molar refractivity (Wildman–Crippen MR) is 40.9 cm³/mol. The molecule has 0 radical (unpaired) electrons. The topological polar surface area (TPSA) is 17.1 Å². The Bertz CT molecular complexity index is 78.6. The molecule has 0 rings (SSSR count). The van der Waals surface area contributed by atoms with Crippen molar-refractivity contribution in [3.05, 3.63) is 0 Å². The van der Waals surface area contributed by atoms with E-state index in [1.54, 1.807) is 5.37 Å². The second kappa shape index (κ2) is 6.89. The summed E-state index contributed by atoms with van der Waals surface area (Å²) in [6, 6.07) is 0. The van der Waals surface area contributed by atoms with Gasteiger partial charge in [-0.2, -0.15) is 11.4 Å². The first-order valence-corrected chi connectivity index (χ1v) is 4.00. The molecule has 8 heavy (non-hydrogen) atoms. The third kappa shape index (κ3) is 5.89. The van der Waals surface area contributed by atoms with Crippen LogP contribution < -0.4 is 0 Å². The Morgan fingerprint density at radius 2 is 2.38 bits per heavy atom. The maximum atomic E-state index is 9.71. The number of rotatable bonds is 4. The van der Waals surface area contributed by atoms with Crippen molar-refractivity contribution < 1.29 is 4.79 Å². The van der Waals surface area contributed by atoms with Gasteiger partial charge in [-0.1, -0.05) is 13.3 Å². The summed E-state index contributed by atoms with van der Waals surface area (Å²) in [6.07, 6.45) is 3.31. The highest BCUT2D eigenvalue weighted by Gasteiger charge is 1.73. The maximum Gasteiger partial charge on any atom is 0.148 e. The summed E-state index contributed by atoms with van der Waals surface area (Å²) in [7, 11) is 0. The fraction of sp³-hybridized carbons (Fsp3) is 0.667. The van der Waals surface area contributed by atoms with E-state index in [1.165, 1.54) is 24.2 Å². The quantitative estimate of drug-likeness (QED) is 0.264. The van der Waals surface area contributed by atoms with Crippen molar-refractivity contribution >= 4 is 23.0 Å². The summed E-state index contributed by atoms with van der Waals surface area (Å²) in [6.45, 7) is 2.15. The number of thiol groups is 1. The molecule has 48 valence electrons. The highest BCUT2D eigenvalue weighted by Crippen LogP contribution is 1.91. The minimum atomic E-state index is 0.858. The zero-order valence-electron chi connectivity index (χ0n) is 5.13. The standard InChI is InChI=1S/C6H12OS/c1-2-3-5-8-6-4-7/h4,6,8H,2-3,5H2,1H3. The van der Waals surface area contributed by atoms with Crippen LogP contribution in [0.15, 0.2) is 0 Å². The van der Waals surface area contributed by atoms with Crippen LogP contribution in [0.3, 0.4) is 0 Å². The third-order valence-corrected chi connectivity index (χ3v) is 1.71. The van der Waals surface area contributed by atoms with E-state index in [1.807, 2.05) is 0 Å². The normalized spacial score (nSPS) is 11.1. The largest absolute Gasteiger partial charge is 0.298 e. The van der Waals surface area contributed by atoms with Gasteiger partial charge in [0.2, 0.25) is 0 Å². The first kappa shape index (κ1) is 7.89. The summed E-state index contributed by atoms with van der Waals surface area (Å²) in [5.74, 6) is 1.13. The number of aldehydes is 1. The first-order chi connectivity index (χ1) is 3.91. The zero-order valence-corrected chi connectivity index (χ0v) is 6.03. The van der Waals surface area contributed by atoms with Gasteiger partial charge >= 0.3 is 0 Å². The highest BCUT2D eigenvalue weighted by molar-refractivity contribution is 7.98. The number of hydrogen-bond acceptors (Lipinski definition) is 1. The summed E-state index contributed by atoms with van der Waals surface area (Å²) in [5.41, 5.74) is 0. The Labute approximate surface area is 54.1 Å². The van der Waals surface area contributed by atoms with Gasteiger partial charge in [0.05, 0.1) is 0 Å². The fourth-order valence-electron chi connectivity index (χ4n) is 0.367. The zero-order chi connectivity index (χ0) is 6.24. The fourth-order valence-corrected chi connectivity index (χ4v) is 1.10. The lowest BCUT2D eigenvalue weighted by Gasteiger charge is -1.84. The van der Waals surface area contributed by atoms with Gasteiger partial charge in [-0.3, -0.25) is 4.79 Å². The Kier molecular flexibility index (Phi) is 6.80. The first-order valence-electron chi connectivity index (χ1n) is 2.85. The van der Waals surface area contributed by atoms with E-state index >= 15 is 0 Å². The number of carbonyl (C=O) groups is 1. The smallest absolute Gasteiger partial charge is 0.148 e. The van der Waals surface area contributed by atoms with Crippen LogP contribution in [0, 0.1) is 0 Å². The molecule has 0 aliphatic rings. The van der Waals surface area contributed by atoms with Crippen molar-refractivity contribution in [3.63, 3.8) is 0 Å². The molecule has 2 heteroatoms. The van der Waals surface area contributed by atoms with E-state index in [9.17, 15) is 4.79 Å². The molecule has 0 saturated heterocycles. The molecule has 0 saturated carbocycles. The van der Waals surface area contributed by atoms with Gasteiger partial charge in [-0.25, -0.2) is 0 Å². The van der Waals surface area contributed by atoms with E-state index in [2.05, 4.69) is 6.92 Å². The van der Waals surface area contributed by atoms with Gasteiger partial charge < -0.3 is 0 Å². The molecule has 1 nitrogen and oxygen atoms in total. The summed E-state index contributed by atoms with van der Waals surface area (Å²) in [4.78, 5) is 9.71. The van der Waals surface area contributed by atoms with Crippen molar-refractivity contribution in [2.45, 2.75) is 19.8 Å². The average Bonchev–Trinajstić information content (AvgIpc) is 1.81. The van der Waals surface area contributed by atoms with Gasteiger partial charge in [0.25, 0.3) is 0 Å². The van der Waals surface area contributed by atoms with E-state index < -0.39 is 0 Å². The molecular weight excluding hydrogens is 120 g/mol. The minimum absolute atomic E-state index is 0.858. The van der Waals surface area contributed by atoms with Gasteiger partial charge in [0.15, 0.2) is 0 Å². The Balaban J connectivity index is 2.91. The molecule has 0 N–H and O–H groups in total. The number of hydrogen-bond donors (Lipinski definition) is 1. The van der Waals surface area contributed by atoms with Crippen molar-refractivity contribution in [3.8, 4) is 0 Å². The SMILES string of the molecule is CCCC[SH]=CC=O. The number of unbranched alkanes of at least 4 members (excludes halogenated alkanes) is 1. The van der Waals surface area contributed by atoms with Crippen LogP contribution in [-0.2, 0) is 4.79 Å². The monoisotopic (exact) mass is 132 g/mol. The lowest BCUT2D eigenvalue weighted by molar-refractivity contribution is -0.102. The van der Waals surface area contributed by atoms with E-state index in [0.717, 1.165) is 12.0 Å². The van der Waals surface area contributed by atoms with E-state index in [-0.39, 0.29) is 0 Å². The highest BCUT2D eigenvalue weighted by atomic mass is 32.1. The minimum Gasteiger partial charge on any atom is -0.298 e. The molecule has 0 heterocycles. The van der Waals surface area contributed by atoms with Crippen molar-refractivity contribution in [1.82, 2.24) is 0 Å². The van der Waals surface area contributed by atoms with Crippen LogP contribution in [0.1, 0.15) is 19.8 Å². The van der Waals surface area contributed by atoms with Crippen LogP contribution in [0.5, 0.6) is 0 Å². The molecule has 0 aromatic rings. The third-order valence-electron chi connectivity index (χ3n) is 0.807. The van der Waals surface area contributed by atoms with Gasteiger partial charge in [-0.05, 0) is 17.5 Å².